The Bertz CT molecular complexity index is 1020. The number of aromatic nitrogens is 2. The second kappa shape index (κ2) is 8.47. The Morgan fingerprint density at radius 3 is 2.62 bits per heavy atom. The lowest BCUT2D eigenvalue weighted by molar-refractivity contribution is 0.0794. The highest BCUT2D eigenvalue weighted by molar-refractivity contribution is 6.31. The molecule has 1 aromatic heterocycles. The highest BCUT2D eigenvalue weighted by Gasteiger charge is 2.29. The quantitative estimate of drug-likeness (QED) is 0.764. The van der Waals surface area contributed by atoms with E-state index >= 15 is 0 Å². The van der Waals surface area contributed by atoms with Gasteiger partial charge in [0, 0.05) is 17.8 Å². The third-order valence-electron chi connectivity index (χ3n) is 4.55. The van der Waals surface area contributed by atoms with Crippen LogP contribution < -0.4 is 16.2 Å². The molecule has 0 atom stereocenters. The fourth-order valence-electron chi connectivity index (χ4n) is 3.07. The molecule has 29 heavy (non-hydrogen) atoms. The number of rotatable bonds is 5. The summed E-state index contributed by atoms with van der Waals surface area (Å²) in [5.41, 5.74) is 15.0. The third-order valence-corrected chi connectivity index (χ3v) is 5.10. The van der Waals surface area contributed by atoms with E-state index in [9.17, 15) is 4.79 Å². The van der Waals surface area contributed by atoms with Crippen molar-refractivity contribution in [2.75, 3.05) is 26.2 Å². The Hall–Kier alpha value is -3.15. The first kappa shape index (κ1) is 20.6. The summed E-state index contributed by atoms with van der Waals surface area (Å²) in [5.74, 6) is 0.527. The fourth-order valence-corrected chi connectivity index (χ4v) is 3.16. The number of halogens is 1. The lowest BCUT2D eigenvalue weighted by atomic mass is 10.1. The first-order chi connectivity index (χ1) is 13.8. The van der Waals surface area contributed by atoms with E-state index in [4.69, 9.17) is 33.1 Å². The monoisotopic (exact) mass is 412 g/mol. The molecule has 2 heterocycles. The zero-order valence-corrected chi connectivity index (χ0v) is 17.0. The van der Waals surface area contributed by atoms with Crippen molar-refractivity contribution in [3.05, 3.63) is 57.3 Å². The number of carbonyl (C=O) groups excluding carboxylic acids is 1. The Labute approximate surface area is 173 Å². The van der Waals surface area contributed by atoms with Crippen LogP contribution in [0.4, 0.5) is 0 Å². The topological polar surface area (TPSA) is 131 Å². The molecule has 1 aliphatic heterocycles. The van der Waals surface area contributed by atoms with Crippen LogP contribution >= 0.6 is 11.6 Å². The Balaban J connectivity index is 1.87. The van der Waals surface area contributed by atoms with Crippen LogP contribution in [0.25, 0.3) is 5.57 Å². The summed E-state index contributed by atoms with van der Waals surface area (Å²) in [7, 11) is 0. The number of amides is 1. The van der Waals surface area contributed by atoms with Crippen molar-refractivity contribution in [3.63, 3.8) is 0 Å². The summed E-state index contributed by atoms with van der Waals surface area (Å²) in [5, 5.41) is 9.63. The van der Waals surface area contributed by atoms with E-state index in [1.807, 2.05) is 6.07 Å². The molecular weight excluding hydrogens is 392 g/mol. The second-order valence-corrected chi connectivity index (χ2v) is 7.03. The molecule has 0 aliphatic carbocycles. The summed E-state index contributed by atoms with van der Waals surface area (Å²) < 4.78 is 5.58. The predicted octanol–water partition coefficient (Wildman–Crippen LogP) is 1.78. The lowest BCUT2D eigenvalue weighted by Crippen LogP contribution is -2.30. The smallest absolute Gasteiger partial charge is 0.258 e. The van der Waals surface area contributed by atoms with Crippen LogP contribution in [0.3, 0.4) is 0 Å². The minimum atomic E-state index is -0.262. The SMILES string of the molecule is Cc1nc(C2=C(N)CN(C(=O)c3ccc(C#N)cc3OCCN)C2)nc(C)c1Cl. The minimum absolute atomic E-state index is 0.234. The number of ether oxygens (including phenoxy) is 1. The summed E-state index contributed by atoms with van der Waals surface area (Å²) in [6, 6.07) is 6.72. The van der Waals surface area contributed by atoms with Crippen molar-refractivity contribution in [2.45, 2.75) is 13.8 Å². The molecule has 2 aromatic rings. The van der Waals surface area contributed by atoms with Gasteiger partial charge in [-0.05, 0) is 32.0 Å². The Kier molecular flexibility index (Phi) is 6.01. The molecule has 0 unspecified atom stereocenters. The number of hydrogen-bond donors (Lipinski definition) is 2. The van der Waals surface area contributed by atoms with Gasteiger partial charge in [-0.15, -0.1) is 0 Å². The third kappa shape index (κ3) is 4.16. The van der Waals surface area contributed by atoms with E-state index in [0.29, 0.717) is 56.9 Å². The molecule has 8 nitrogen and oxygen atoms in total. The van der Waals surface area contributed by atoms with Crippen molar-refractivity contribution in [3.8, 4) is 11.8 Å². The van der Waals surface area contributed by atoms with Crippen LogP contribution in [0.15, 0.2) is 23.9 Å². The fraction of sp³-hybridized carbons (Fsp3) is 0.300. The molecule has 9 heteroatoms. The molecule has 150 valence electrons. The van der Waals surface area contributed by atoms with Gasteiger partial charge < -0.3 is 21.1 Å². The standard InChI is InChI=1S/C20H21ClN6O2/c1-11-18(21)12(2)26-19(25-11)15-9-27(10-16(15)24)20(28)14-4-3-13(8-23)7-17(14)29-6-5-22/h3-4,7H,5-6,9-10,22,24H2,1-2H3. The molecule has 0 spiro atoms. The van der Waals surface area contributed by atoms with Gasteiger partial charge in [-0.3, -0.25) is 4.79 Å². The van der Waals surface area contributed by atoms with Gasteiger partial charge in [-0.25, -0.2) is 9.97 Å². The van der Waals surface area contributed by atoms with Crippen LogP contribution in [-0.2, 0) is 0 Å². The first-order valence-corrected chi connectivity index (χ1v) is 9.38. The van der Waals surface area contributed by atoms with Gasteiger partial charge >= 0.3 is 0 Å². The van der Waals surface area contributed by atoms with Crippen LogP contribution in [0.2, 0.25) is 5.02 Å². The molecule has 3 rings (SSSR count). The van der Waals surface area contributed by atoms with E-state index in [-0.39, 0.29) is 25.6 Å². The van der Waals surface area contributed by atoms with E-state index in [1.54, 1.807) is 30.9 Å². The maximum Gasteiger partial charge on any atom is 0.258 e. The number of nitriles is 1. The number of carbonyl (C=O) groups is 1. The minimum Gasteiger partial charge on any atom is -0.491 e. The normalized spacial score (nSPS) is 13.6. The van der Waals surface area contributed by atoms with E-state index < -0.39 is 0 Å². The molecule has 4 N–H and O–H groups in total. The van der Waals surface area contributed by atoms with Crippen molar-refractivity contribution >= 4 is 23.1 Å². The maximum atomic E-state index is 13.1. The Morgan fingerprint density at radius 1 is 1.31 bits per heavy atom. The van der Waals surface area contributed by atoms with E-state index in [1.165, 1.54) is 6.07 Å². The van der Waals surface area contributed by atoms with Crippen molar-refractivity contribution in [1.29, 1.82) is 5.26 Å². The van der Waals surface area contributed by atoms with Gasteiger partial charge in [-0.1, -0.05) is 11.6 Å². The molecule has 1 aromatic carbocycles. The first-order valence-electron chi connectivity index (χ1n) is 9.00. The van der Waals surface area contributed by atoms with Gasteiger partial charge in [0.05, 0.1) is 46.7 Å². The number of aryl methyl sites for hydroxylation is 2. The average molecular weight is 413 g/mol. The Morgan fingerprint density at radius 2 is 2.00 bits per heavy atom. The van der Waals surface area contributed by atoms with Crippen LogP contribution in [0.5, 0.6) is 5.75 Å². The lowest BCUT2D eigenvalue weighted by Gasteiger charge is -2.19. The zero-order valence-electron chi connectivity index (χ0n) is 16.2. The summed E-state index contributed by atoms with van der Waals surface area (Å²) in [6.45, 7) is 4.63. The zero-order chi connectivity index (χ0) is 21.1. The molecule has 0 fully saturated rings. The molecule has 0 bridgehead atoms. The van der Waals surface area contributed by atoms with E-state index in [0.717, 1.165) is 0 Å². The van der Waals surface area contributed by atoms with Crippen LogP contribution in [0.1, 0.15) is 33.1 Å². The number of nitrogens with two attached hydrogens (primary N) is 2. The summed E-state index contributed by atoms with van der Waals surface area (Å²) in [4.78, 5) is 23.6. The molecule has 0 saturated carbocycles. The van der Waals surface area contributed by atoms with Crippen LogP contribution in [0, 0.1) is 25.2 Å². The number of benzene rings is 1. The van der Waals surface area contributed by atoms with Gasteiger partial charge in [0.1, 0.15) is 12.4 Å². The average Bonchev–Trinajstić information content (AvgIpc) is 3.11. The molecule has 0 radical (unpaired) electrons. The highest BCUT2D eigenvalue weighted by Crippen LogP contribution is 2.28. The molecule has 0 saturated heterocycles. The largest absolute Gasteiger partial charge is 0.491 e. The maximum absolute atomic E-state index is 13.1. The summed E-state index contributed by atoms with van der Waals surface area (Å²) in [6.07, 6.45) is 0. The van der Waals surface area contributed by atoms with Gasteiger partial charge in [0.25, 0.3) is 5.91 Å². The predicted molar refractivity (Wildman–Crippen MR) is 109 cm³/mol. The van der Waals surface area contributed by atoms with Crippen molar-refractivity contribution in [1.82, 2.24) is 14.9 Å². The van der Waals surface area contributed by atoms with Crippen molar-refractivity contribution in [2.24, 2.45) is 11.5 Å². The van der Waals surface area contributed by atoms with E-state index in [2.05, 4.69) is 9.97 Å². The second-order valence-electron chi connectivity index (χ2n) is 6.66. The molecular formula is C20H21ClN6O2. The van der Waals surface area contributed by atoms with Gasteiger partial charge in [-0.2, -0.15) is 5.26 Å². The summed E-state index contributed by atoms with van der Waals surface area (Å²) >= 11 is 6.15. The van der Waals surface area contributed by atoms with Gasteiger partial charge in [0.2, 0.25) is 0 Å². The highest BCUT2D eigenvalue weighted by atomic mass is 35.5. The van der Waals surface area contributed by atoms with Crippen molar-refractivity contribution < 1.29 is 9.53 Å². The number of hydrogen-bond acceptors (Lipinski definition) is 7. The van der Waals surface area contributed by atoms with Gasteiger partial charge in [0.15, 0.2) is 5.82 Å². The van der Waals surface area contributed by atoms with Crippen LogP contribution in [-0.4, -0.2) is 47.0 Å². The molecule has 1 amide bonds. The number of nitrogens with zero attached hydrogens (tertiary/aromatic N) is 4. The molecule has 1 aliphatic rings.